The van der Waals surface area contributed by atoms with Gasteiger partial charge in [0.25, 0.3) is 11.5 Å². The van der Waals surface area contributed by atoms with Crippen LogP contribution in [0.5, 0.6) is 0 Å². The molecule has 1 aliphatic rings. The number of fused-ring (bicyclic) bond motifs is 1. The number of carbonyl (C=O) groups is 2. The highest BCUT2D eigenvalue weighted by Gasteiger charge is 2.28. The number of nitrogens with two attached hydrogens (primary N) is 1. The zero-order chi connectivity index (χ0) is 22.8. The van der Waals surface area contributed by atoms with Crippen LogP contribution in [0.4, 0.5) is 0 Å². The maximum atomic E-state index is 13.1. The number of aromatic nitrogens is 3. The first-order valence-electron chi connectivity index (χ1n) is 10.7. The number of nitrogens with one attached hydrogen (secondary N) is 2. The molecule has 9 heteroatoms. The molecule has 1 aromatic carbocycles. The van der Waals surface area contributed by atoms with Gasteiger partial charge < -0.3 is 11.1 Å². The Hall–Kier alpha value is -3.75. The Morgan fingerprint density at radius 2 is 2.03 bits per heavy atom. The summed E-state index contributed by atoms with van der Waals surface area (Å²) in [6.45, 7) is 2.62. The second-order valence-electron chi connectivity index (χ2n) is 8.05. The van der Waals surface area contributed by atoms with E-state index in [4.69, 9.17) is 5.73 Å². The molecule has 0 unspecified atom stereocenters. The van der Waals surface area contributed by atoms with E-state index in [0.717, 1.165) is 24.1 Å². The first-order chi connectivity index (χ1) is 15.4. The van der Waals surface area contributed by atoms with Crippen molar-refractivity contribution >= 4 is 22.8 Å². The number of rotatable bonds is 8. The number of benzene rings is 1. The van der Waals surface area contributed by atoms with E-state index in [2.05, 4.69) is 15.3 Å². The summed E-state index contributed by atoms with van der Waals surface area (Å²) in [6.07, 6.45) is 3.11. The minimum Gasteiger partial charge on any atom is -0.366 e. The monoisotopic (exact) mass is 435 g/mol. The molecule has 0 aliphatic heterocycles. The van der Waals surface area contributed by atoms with Crippen molar-refractivity contribution < 1.29 is 9.59 Å². The second-order valence-corrected chi connectivity index (χ2v) is 8.05. The third kappa shape index (κ3) is 4.32. The molecule has 3 aromatic rings. The topological polar surface area (TPSA) is 140 Å². The number of pyridine rings is 1. The summed E-state index contributed by atoms with van der Waals surface area (Å²) in [6, 6.07) is 8.58. The maximum absolute atomic E-state index is 13.1. The first-order valence-corrected chi connectivity index (χ1v) is 10.7. The van der Waals surface area contributed by atoms with E-state index >= 15 is 0 Å². The molecule has 0 bridgehead atoms. The normalized spacial score (nSPS) is 13.3. The SMILES string of the molecule is CCCn1c(=O)[nH]c(=O)c2c(C(=O)NCCc3cccc(C(N)=O)c3)cc(C3CC3)nc21. The molecule has 2 heterocycles. The molecule has 2 aromatic heterocycles. The average molecular weight is 435 g/mol. The molecule has 32 heavy (non-hydrogen) atoms. The molecule has 2 amide bonds. The van der Waals surface area contributed by atoms with Gasteiger partial charge in [0, 0.05) is 30.3 Å². The van der Waals surface area contributed by atoms with Gasteiger partial charge in [-0.1, -0.05) is 19.1 Å². The minimum atomic E-state index is -0.619. The highest BCUT2D eigenvalue weighted by Crippen LogP contribution is 2.39. The highest BCUT2D eigenvalue weighted by molar-refractivity contribution is 6.05. The zero-order valence-electron chi connectivity index (χ0n) is 17.8. The number of H-pyrrole nitrogens is 1. The van der Waals surface area contributed by atoms with Crippen LogP contribution in [-0.2, 0) is 13.0 Å². The largest absolute Gasteiger partial charge is 0.366 e. The predicted molar refractivity (Wildman–Crippen MR) is 120 cm³/mol. The van der Waals surface area contributed by atoms with E-state index in [1.54, 1.807) is 24.3 Å². The van der Waals surface area contributed by atoms with Gasteiger partial charge in [0.1, 0.15) is 0 Å². The van der Waals surface area contributed by atoms with E-state index in [1.807, 2.05) is 13.0 Å². The van der Waals surface area contributed by atoms with Crippen molar-refractivity contribution in [3.8, 4) is 0 Å². The summed E-state index contributed by atoms with van der Waals surface area (Å²) in [5, 5.41) is 2.97. The first kappa shape index (κ1) is 21.5. The lowest BCUT2D eigenvalue weighted by Gasteiger charge is -2.13. The van der Waals surface area contributed by atoms with Crippen LogP contribution in [0.3, 0.4) is 0 Å². The summed E-state index contributed by atoms with van der Waals surface area (Å²) in [4.78, 5) is 56.3. The lowest BCUT2D eigenvalue weighted by Crippen LogP contribution is -2.34. The van der Waals surface area contributed by atoms with Gasteiger partial charge in [-0.3, -0.25) is 23.9 Å². The average Bonchev–Trinajstić information content (AvgIpc) is 3.61. The maximum Gasteiger partial charge on any atom is 0.329 e. The number of hydrogen-bond acceptors (Lipinski definition) is 5. The van der Waals surface area contributed by atoms with Gasteiger partial charge in [-0.05, 0) is 49.4 Å². The summed E-state index contributed by atoms with van der Waals surface area (Å²) in [7, 11) is 0. The Bertz CT molecular complexity index is 1320. The molecule has 1 aliphatic carbocycles. The Morgan fingerprint density at radius 3 is 2.72 bits per heavy atom. The van der Waals surface area contributed by atoms with Gasteiger partial charge >= 0.3 is 5.69 Å². The third-order valence-corrected chi connectivity index (χ3v) is 5.57. The standard InChI is InChI=1S/C23H25N5O4/c1-2-10-28-20-18(22(31)27-23(28)32)16(12-17(26-20)14-6-7-14)21(30)25-9-8-13-4-3-5-15(11-13)19(24)29/h3-5,11-12,14H,2,6-10H2,1H3,(H2,24,29)(H,25,30)(H,27,31,32). The molecule has 0 atom stereocenters. The molecule has 0 spiro atoms. The number of aromatic amines is 1. The molecule has 4 N–H and O–H groups in total. The smallest absolute Gasteiger partial charge is 0.329 e. The second kappa shape index (κ2) is 8.78. The molecular weight excluding hydrogens is 410 g/mol. The van der Waals surface area contributed by atoms with Crippen LogP contribution in [-0.4, -0.2) is 32.9 Å². The molecule has 166 valence electrons. The van der Waals surface area contributed by atoms with E-state index in [-0.39, 0.29) is 22.5 Å². The third-order valence-electron chi connectivity index (χ3n) is 5.57. The molecule has 4 rings (SSSR count). The summed E-state index contributed by atoms with van der Waals surface area (Å²) in [5.41, 5.74) is 6.64. The van der Waals surface area contributed by atoms with Gasteiger partial charge in [0.2, 0.25) is 5.91 Å². The number of primary amides is 1. The lowest BCUT2D eigenvalue weighted by molar-refractivity contribution is 0.0953. The number of hydrogen-bond donors (Lipinski definition) is 3. The molecule has 1 fully saturated rings. The zero-order valence-corrected chi connectivity index (χ0v) is 17.8. The van der Waals surface area contributed by atoms with Crippen LogP contribution >= 0.6 is 0 Å². The van der Waals surface area contributed by atoms with Crippen molar-refractivity contribution in [2.24, 2.45) is 5.73 Å². The van der Waals surface area contributed by atoms with Crippen molar-refractivity contribution in [1.29, 1.82) is 0 Å². The number of aryl methyl sites for hydroxylation is 1. The molecule has 9 nitrogen and oxygen atoms in total. The number of nitrogens with zero attached hydrogens (tertiary/aromatic N) is 2. The van der Waals surface area contributed by atoms with E-state index in [0.29, 0.717) is 31.5 Å². The summed E-state index contributed by atoms with van der Waals surface area (Å²) in [5.74, 6) is -0.673. The summed E-state index contributed by atoms with van der Waals surface area (Å²) < 4.78 is 1.43. The summed E-state index contributed by atoms with van der Waals surface area (Å²) >= 11 is 0. The van der Waals surface area contributed by atoms with Crippen LogP contribution in [0.15, 0.2) is 39.9 Å². The minimum absolute atomic E-state index is 0.121. The Kier molecular flexibility index (Phi) is 5.89. The van der Waals surface area contributed by atoms with Gasteiger partial charge in [-0.15, -0.1) is 0 Å². The van der Waals surface area contributed by atoms with Gasteiger partial charge in [0.05, 0.1) is 10.9 Å². The van der Waals surface area contributed by atoms with E-state index in [1.165, 1.54) is 4.57 Å². The molecule has 0 radical (unpaired) electrons. The van der Waals surface area contributed by atoms with Crippen LogP contribution < -0.4 is 22.3 Å². The Labute approximate surface area is 183 Å². The van der Waals surface area contributed by atoms with Crippen molar-refractivity contribution in [3.63, 3.8) is 0 Å². The van der Waals surface area contributed by atoms with Gasteiger partial charge in [-0.2, -0.15) is 0 Å². The van der Waals surface area contributed by atoms with Crippen LogP contribution in [0.1, 0.15) is 64.1 Å². The van der Waals surface area contributed by atoms with E-state index in [9.17, 15) is 19.2 Å². The van der Waals surface area contributed by atoms with Crippen molar-refractivity contribution in [1.82, 2.24) is 19.9 Å². The molecule has 0 saturated heterocycles. The Morgan fingerprint density at radius 1 is 1.25 bits per heavy atom. The molecular formula is C23H25N5O4. The number of carbonyl (C=O) groups excluding carboxylic acids is 2. The van der Waals surface area contributed by atoms with E-state index < -0.39 is 23.1 Å². The predicted octanol–water partition coefficient (Wildman–Crippen LogP) is 1.44. The van der Waals surface area contributed by atoms with Crippen LogP contribution in [0.2, 0.25) is 0 Å². The molecule has 1 saturated carbocycles. The van der Waals surface area contributed by atoms with Crippen molar-refractivity contribution in [2.45, 2.75) is 45.1 Å². The van der Waals surface area contributed by atoms with Crippen molar-refractivity contribution in [2.75, 3.05) is 6.54 Å². The van der Waals surface area contributed by atoms with Crippen molar-refractivity contribution in [3.05, 3.63) is 73.6 Å². The lowest BCUT2D eigenvalue weighted by atomic mass is 10.1. The fraction of sp³-hybridized carbons (Fsp3) is 0.348. The highest BCUT2D eigenvalue weighted by atomic mass is 16.2. The van der Waals surface area contributed by atoms with Crippen LogP contribution in [0.25, 0.3) is 11.0 Å². The number of amides is 2. The fourth-order valence-electron chi connectivity index (χ4n) is 3.79. The van der Waals surface area contributed by atoms with Gasteiger partial charge in [0.15, 0.2) is 5.65 Å². The Balaban J connectivity index is 1.65. The van der Waals surface area contributed by atoms with Crippen LogP contribution in [0, 0.1) is 0 Å². The fourth-order valence-corrected chi connectivity index (χ4v) is 3.79. The quantitative estimate of drug-likeness (QED) is 0.491. The van der Waals surface area contributed by atoms with Gasteiger partial charge in [-0.25, -0.2) is 9.78 Å².